The molecule has 3 rings (SSSR count). The Balaban J connectivity index is 1.81. The molecule has 1 aliphatic rings. The average molecular weight is 440 g/mol. The fourth-order valence-electron chi connectivity index (χ4n) is 5.02. The number of methoxy groups -OCH3 is 2. The van der Waals surface area contributed by atoms with Gasteiger partial charge in [-0.05, 0) is 61.9 Å². The molecule has 2 aromatic rings. The Morgan fingerprint density at radius 2 is 1.78 bits per heavy atom. The van der Waals surface area contributed by atoms with Gasteiger partial charge >= 0.3 is 5.97 Å². The molecule has 1 saturated heterocycles. The van der Waals surface area contributed by atoms with Gasteiger partial charge in [0.1, 0.15) is 0 Å². The molecule has 174 valence electrons. The van der Waals surface area contributed by atoms with Gasteiger partial charge < -0.3 is 14.2 Å². The molecule has 32 heavy (non-hydrogen) atoms. The van der Waals surface area contributed by atoms with Crippen LogP contribution in [-0.2, 0) is 16.0 Å². The molecule has 2 aromatic carbocycles. The maximum atomic E-state index is 13.2. The molecular weight excluding hydrogens is 402 g/mol. The first kappa shape index (κ1) is 24.1. The topological polar surface area (TPSA) is 48.0 Å². The van der Waals surface area contributed by atoms with E-state index in [-0.39, 0.29) is 23.8 Å². The number of carbonyl (C=O) groups is 1. The first-order valence-corrected chi connectivity index (χ1v) is 11.8. The molecule has 0 bridgehead atoms. The fraction of sp³-hybridized carbons (Fsp3) is 0.519. The van der Waals surface area contributed by atoms with Crippen LogP contribution >= 0.6 is 0 Å². The maximum Gasteiger partial charge on any atom is 0.311 e. The van der Waals surface area contributed by atoms with Crippen molar-refractivity contribution < 1.29 is 19.0 Å². The van der Waals surface area contributed by atoms with Crippen molar-refractivity contribution in [2.75, 3.05) is 33.9 Å². The van der Waals surface area contributed by atoms with Gasteiger partial charge in [0.25, 0.3) is 0 Å². The highest BCUT2D eigenvalue weighted by Gasteiger charge is 2.43. The Kier molecular flexibility index (Phi) is 8.98. The van der Waals surface area contributed by atoms with Gasteiger partial charge in [0.15, 0.2) is 11.5 Å². The van der Waals surface area contributed by atoms with Crippen LogP contribution < -0.4 is 9.47 Å². The van der Waals surface area contributed by atoms with E-state index in [4.69, 9.17) is 14.2 Å². The van der Waals surface area contributed by atoms with Crippen molar-refractivity contribution in [1.82, 2.24) is 4.90 Å². The second kappa shape index (κ2) is 11.9. The van der Waals surface area contributed by atoms with Crippen LogP contribution in [0, 0.1) is 5.92 Å². The van der Waals surface area contributed by atoms with Crippen LogP contribution in [0.15, 0.2) is 48.5 Å². The highest BCUT2D eigenvalue weighted by molar-refractivity contribution is 5.75. The van der Waals surface area contributed by atoms with Gasteiger partial charge in [0.2, 0.25) is 0 Å². The predicted molar refractivity (Wildman–Crippen MR) is 127 cm³/mol. The number of carbonyl (C=O) groups excluding carboxylic acids is 1. The lowest BCUT2D eigenvalue weighted by Crippen LogP contribution is -2.52. The normalized spacial score (nSPS) is 21.2. The molecule has 0 aliphatic carbocycles. The second-order valence-corrected chi connectivity index (χ2v) is 8.42. The smallest absolute Gasteiger partial charge is 0.311 e. The summed E-state index contributed by atoms with van der Waals surface area (Å²) in [6.45, 7) is 6.38. The van der Waals surface area contributed by atoms with Crippen molar-refractivity contribution >= 4 is 5.97 Å². The lowest BCUT2D eigenvalue weighted by Gasteiger charge is -2.45. The predicted octanol–water partition coefficient (Wildman–Crippen LogP) is 5.08. The Hall–Kier alpha value is -2.53. The SMILES string of the molecule is CCC[C@@H]1[C@H](C(=O)OCC)[C@H](c2ccccc2)CCN1CCc1ccc(OC)c(OC)c1. The Labute approximate surface area is 192 Å². The number of ether oxygens (including phenoxy) is 3. The molecule has 1 fully saturated rings. The van der Waals surface area contributed by atoms with Gasteiger partial charge in [0.05, 0.1) is 26.7 Å². The van der Waals surface area contributed by atoms with E-state index in [9.17, 15) is 4.79 Å². The van der Waals surface area contributed by atoms with Crippen molar-refractivity contribution in [1.29, 1.82) is 0 Å². The Morgan fingerprint density at radius 3 is 2.44 bits per heavy atom. The minimum atomic E-state index is -0.142. The summed E-state index contributed by atoms with van der Waals surface area (Å²) in [5.74, 6) is 1.49. The monoisotopic (exact) mass is 439 g/mol. The third-order valence-corrected chi connectivity index (χ3v) is 6.55. The third kappa shape index (κ3) is 5.63. The molecule has 0 unspecified atom stereocenters. The number of likely N-dealkylation sites (tertiary alicyclic amines) is 1. The van der Waals surface area contributed by atoms with E-state index in [2.05, 4.69) is 42.2 Å². The lowest BCUT2D eigenvalue weighted by molar-refractivity contribution is -0.153. The zero-order chi connectivity index (χ0) is 22.9. The molecule has 0 saturated carbocycles. The van der Waals surface area contributed by atoms with Crippen LogP contribution in [0.25, 0.3) is 0 Å². The van der Waals surface area contributed by atoms with Crippen molar-refractivity contribution in [2.24, 2.45) is 5.92 Å². The molecule has 1 aliphatic heterocycles. The summed E-state index contributed by atoms with van der Waals surface area (Å²) in [5.41, 5.74) is 2.45. The molecule has 0 aromatic heterocycles. The largest absolute Gasteiger partial charge is 0.493 e. The highest BCUT2D eigenvalue weighted by Crippen LogP contribution is 2.39. The standard InChI is InChI=1S/C27H37NO4/c1-5-10-23-26(27(29)32-6-2)22(21-11-8-7-9-12-21)16-18-28(23)17-15-20-13-14-24(30-3)25(19-20)31-4/h7-9,11-14,19,22-23,26H,5-6,10,15-18H2,1-4H3/t22-,23+,26+/m0/s1. The van der Waals surface area contributed by atoms with Gasteiger partial charge in [-0.2, -0.15) is 0 Å². The summed E-state index contributed by atoms with van der Waals surface area (Å²) >= 11 is 0. The lowest BCUT2D eigenvalue weighted by atomic mass is 9.74. The zero-order valence-corrected chi connectivity index (χ0v) is 19.9. The summed E-state index contributed by atoms with van der Waals surface area (Å²) in [7, 11) is 3.32. The Morgan fingerprint density at radius 1 is 1.03 bits per heavy atom. The number of hydrogen-bond donors (Lipinski definition) is 0. The van der Waals surface area contributed by atoms with E-state index in [0.717, 1.165) is 50.3 Å². The van der Waals surface area contributed by atoms with E-state index < -0.39 is 0 Å². The van der Waals surface area contributed by atoms with Crippen LogP contribution in [0.5, 0.6) is 11.5 Å². The molecule has 1 heterocycles. The number of piperidine rings is 1. The van der Waals surface area contributed by atoms with Crippen LogP contribution in [-0.4, -0.2) is 50.8 Å². The molecule has 0 amide bonds. The van der Waals surface area contributed by atoms with Crippen molar-refractivity contribution in [2.45, 2.75) is 51.5 Å². The van der Waals surface area contributed by atoms with E-state index in [1.165, 1.54) is 11.1 Å². The van der Waals surface area contributed by atoms with Crippen LogP contribution in [0.3, 0.4) is 0 Å². The second-order valence-electron chi connectivity index (χ2n) is 8.42. The summed E-state index contributed by atoms with van der Waals surface area (Å²) in [6, 6.07) is 16.7. The first-order chi connectivity index (χ1) is 15.6. The molecule has 0 radical (unpaired) electrons. The third-order valence-electron chi connectivity index (χ3n) is 6.55. The molecule has 5 nitrogen and oxygen atoms in total. The molecule has 3 atom stereocenters. The number of benzene rings is 2. The number of nitrogens with zero attached hydrogens (tertiary/aromatic N) is 1. The number of esters is 1. The average Bonchev–Trinajstić information content (AvgIpc) is 2.83. The summed E-state index contributed by atoms with van der Waals surface area (Å²) in [4.78, 5) is 15.7. The molecular formula is C27H37NO4. The summed E-state index contributed by atoms with van der Waals surface area (Å²) in [6.07, 6.45) is 3.87. The van der Waals surface area contributed by atoms with Crippen molar-refractivity contribution in [3.8, 4) is 11.5 Å². The maximum absolute atomic E-state index is 13.2. The minimum Gasteiger partial charge on any atom is -0.493 e. The van der Waals surface area contributed by atoms with E-state index >= 15 is 0 Å². The summed E-state index contributed by atoms with van der Waals surface area (Å²) < 4.78 is 16.4. The van der Waals surface area contributed by atoms with E-state index in [1.54, 1.807) is 14.2 Å². The number of rotatable bonds is 10. The van der Waals surface area contributed by atoms with Gasteiger partial charge in [-0.3, -0.25) is 9.69 Å². The Bertz CT molecular complexity index is 854. The molecule has 0 spiro atoms. The quantitative estimate of drug-likeness (QED) is 0.483. The first-order valence-electron chi connectivity index (χ1n) is 11.8. The molecule has 5 heteroatoms. The van der Waals surface area contributed by atoms with E-state index in [1.807, 2.05) is 25.1 Å². The van der Waals surface area contributed by atoms with Crippen molar-refractivity contribution in [3.63, 3.8) is 0 Å². The summed E-state index contributed by atoms with van der Waals surface area (Å²) in [5, 5.41) is 0. The molecule has 0 N–H and O–H groups in total. The van der Waals surface area contributed by atoms with Gasteiger partial charge in [-0.1, -0.05) is 49.7 Å². The van der Waals surface area contributed by atoms with Crippen LogP contribution in [0.1, 0.15) is 50.2 Å². The highest BCUT2D eigenvalue weighted by atomic mass is 16.5. The van der Waals surface area contributed by atoms with Gasteiger partial charge in [0, 0.05) is 12.6 Å². The van der Waals surface area contributed by atoms with Crippen molar-refractivity contribution in [3.05, 3.63) is 59.7 Å². The van der Waals surface area contributed by atoms with Crippen LogP contribution in [0.2, 0.25) is 0 Å². The van der Waals surface area contributed by atoms with Gasteiger partial charge in [-0.25, -0.2) is 0 Å². The minimum absolute atomic E-state index is 0.0596. The number of hydrogen-bond acceptors (Lipinski definition) is 5. The van der Waals surface area contributed by atoms with Crippen LogP contribution in [0.4, 0.5) is 0 Å². The van der Waals surface area contributed by atoms with E-state index in [0.29, 0.717) is 6.61 Å². The zero-order valence-electron chi connectivity index (χ0n) is 19.9. The fourth-order valence-corrected chi connectivity index (χ4v) is 5.02. The van der Waals surface area contributed by atoms with Gasteiger partial charge in [-0.15, -0.1) is 0 Å².